The first-order valence-electron chi connectivity index (χ1n) is 5.84. The van der Waals surface area contributed by atoms with Crippen molar-refractivity contribution in [3.8, 4) is 0 Å². The molecule has 2 heterocycles. The predicted octanol–water partition coefficient (Wildman–Crippen LogP) is 3.39. The summed E-state index contributed by atoms with van der Waals surface area (Å²) in [5.41, 5.74) is 1.94. The molecule has 3 rings (SSSR count). The first-order chi connectivity index (χ1) is 8.28. The third kappa shape index (κ3) is 2.33. The molecule has 17 heavy (non-hydrogen) atoms. The van der Waals surface area contributed by atoms with Crippen molar-refractivity contribution in [3.05, 3.63) is 22.6 Å². The molecule has 2 aromatic rings. The molecule has 0 N–H and O–H groups in total. The third-order valence-corrected chi connectivity index (χ3v) is 3.71. The second-order valence-electron chi connectivity index (χ2n) is 4.52. The van der Waals surface area contributed by atoms with E-state index in [1.54, 1.807) is 0 Å². The van der Waals surface area contributed by atoms with Gasteiger partial charge >= 0.3 is 0 Å². The maximum absolute atomic E-state index is 5.84. The molecule has 2 aromatic heterocycles. The molecule has 5 heteroatoms. The molecule has 0 bridgehead atoms. The number of fused-ring (bicyclic) bond motifs is 1. The highest BCUT2D eigenvalue weighted by atomic mass is 79.9. The monoisotopic (exact) mass is 313 g/mol. The average molecular weight is 315 g/mol. The van der Waals surface area contributed by atoms with Gasteiger partial charge in [-0.05, 0) is 40.8 Å². The van der Waals surface area contributed by atoms with Gasteiger partial charge in [-0.15, -0.1) is 11.6 Å². The second kappa shape index (κ2) is 4.58. The fourth-order valence-electron chi connectivity index (χ4n) is 2.06. The summed E-state index contributed by atoms with van der Waals surface area (Å²) < 4.78 is 3.21. The summed E-state index contributed by atoms with van der Waals surface area (Å²) in [4.78, 5) is 9.11. The van der Waals surface area contributed by atoms with Crippen LogP contribution in [0.2, 0.25) is 0 Å². The Morgan fingerprint density at radius 3 is 3.00 bits per heavy atom. The average Bonchev–Trinajstić information content (AvgIpc) is 3.04. The van der Waals surface area contributed by atoms with Crippen LogP contribution < -0.4 is 0 Å². The Kier molecular flexibility index (Phi) is 3.09. The lowest BCUT2D eigenvalue weighted by Crippen LogP contribution is -2.06. The lowest BCUT2D eigenvalue weighted by molar-refractivity contribution is 0.611. The summed E-state index contributed by atoms with van der Waals surface area (Å²) in [6.45, 7) is 1.04. The van der Waals surface area contributed by atoms with Crippen molar-refractivity contribution in [2.24, 2.45) is 5.92 Å². The summed E-state index contributed by atoms with van der Waals surface area (Å²) in [7, 11) is 0. The quantitative estimate of drug-likeness (QED) is 0.810. The molecule has 0 aromatic carbocycles. The van der Waals surface area contributed by atoms with E-state index in [0.717, 1.165) is 40.3 Å². The van der Waals surface area contributed by atoms with Crippen molar-refractivity contribution >= 4 is 38.7 Å². The van der Waals surface area contributed by atoms with Crippen molar-refractivity contribution in [2.45, 2.75) is 25.8 Å². The molecule has 0 saturated heterocycles. The van der Waals surface area contributed by atoms with Crippen LogP contribution in [0, 0.1) is 5.92 Å². The maximum atomic E-state index is 5.84. The van der Waals surface area contributed by atoms with Crippen LogP contribution in [0.15, 0.2) is 16.7 Å². The van der Waals surface area contributed by atoms with Gasteiger partial charge in [0.2, 0.25) is 0 Å². The molecule has 0 unspecified atom stereocenters. The van der Waals surface area contributed by atoms with Crippen LogP contribution in [0.4, 0.5) is 0 Å². The highest BCUT2D eigenvalue weighted by Gasteiger charge is 2.24. The molecule has 3 nitrogen and oxygen atoms in total. The predicted molar refractivity (Wildman–Crippen MR) is 72.4 cm³/mol. The fraction of sp³-hybridized carbons (Fsp3) is 0.500. The number of alkyl halides is 1. The maximum Gasteiger partial charge on any atom is 0.160 e. The van der Waals surface area contributed by atoms with E-state index in [4.69, 9.17) is 11.6 Å². The summed E-state index contributed by atoms with van der Waals surface area (Å²) >= 11 is 9.27. The number of hydrogen-bond acceptors (Lipinski definition) is 2. The van der Waals surface area contributed by atoms with Crippen LogP contribution in [-0.4, -0.2) is 20.4 Å². The van der Waals surface area contributed by atoms with Crippen LogP contribution in [0.3, 0.4) is 0 Å². The Morgan fingerprint density at radius 1 is 1.47 bits per heavy atom. The minimum Gasteiger partial charge on any atom is -0.312 e. The Morgan fingerprint density at radius 2 is 2.29 bits per heavy atom. The minimum absolute atomic E-state index is 0.606. The molecule has 0 amide bonds. The first kappa shape index (κ1) is 11.5. The zero-order chi connectivity index (χ0) is 11.8. The normalized spacial score (nSPS) is 15.6. The van der Waals surface area contributed by atoms with E-state index in [2.05, 4.69) is 30.5 Å². The van der Waals surface area contributed by atoms with Gasteiger partial charge in [0.25, 0.3) is 0 Å². The topological polar surface area (TPSA) is 30.7 Å². The summed E-state index contributed by atoms with van der Waals surface area (Å²) in [5, 5.41) is 0. The zero-order valence-corrected chi connectivity index (χ0v) is 11.7. The van der Waals surface area contributed by atoms with Gasteiger partial charge in [0.15, 0.2) is 5.65 Å². The Bertz CT molecular complexity index is 548. The molecule has 0 radical (unpaired) electrons. The molecule has 1 saturated carbocycles. The van der Waals surface area contributed by atoms with E-state index in [-0.39, 0.29) is 0 Å². The van der Waals surface area contributed by atoms with E-state index < -0.39 is 0 Å². The van der Waals surface area contributed by atoms with Crippen LogP contribution in [0.1, 0.15) is 18.7 Å². The standard InChI is InChI=1S/C12H13BrClN3/c13-9-5-10-12(15-6-9)17(7-8-1-2-8)11(16-10)3-4-14/h5-6,8H,1-4,7H2. The number of nitrogens with zero attached hydrogens (tertiary/aromatic N) is 3. The third-order valence-electron chi connectivity index (χ3n) is 3.09. The van der Waals surface area contributed by atoms with Crippen LogP contribution in [-0.2, 0) is 13.0 Å². The van der Waals surface area contributed by atoms with E-state index in [9.17, 15) is 0 Å². The lowest BCUT2D eigenvalue weighted by atomic mass is 10.4. The van der Waals surface area contributed by atoms with Gasteiger partial charge in [0.1, 0.15) is 11.3 Å². The summed E-state index contributed by atoms with van der Waals surface area (Å²) in [6.07, 6.45) is 5.30. The Labute approximate surface area is 113 Å². The number of halogens is 2. The van der Waals surface area contributed by atoms with Crippen LogP contribution >= 0.6 is 27.5 Å². The van der Waals surface area contributed by atoms with Crippen LogP contribution in [0.25, 0.3) is 11.2 Å². The van der Waals surface area contributed by atoms with Crippen molar-refractivity contribution in [3.63, 3.8) is 0 Å². The smallest absolute Gasteiger partial charge is 0.160 e. The van der Waals surface area contributed by atoms with Gasteiger partial charge in [-0.3, -0.25) is 0 Å². The molecule has 90 valence electrons. The van der Waals surface area contributed by atoms with E-state index in [1.807, 2.05) is 12.3 Å². The molecular formula is C12H13BrClN3. The van der Waals surface area contributed by atoms with Crippen molar-refractivity contribution < 1.29 is 0 Å². The molecule has 1 fully saturated rings. The first-order valence-corrected chi connectivity index (χ1v) is 7.17. The molecule has 0 atom stereocenters. The number of imidazole rings is 1. The lowest BCUT2D eigenvalue weighted by Gasteiger charge is -2.06. The van der Waals surface area contributed by atoms with Crippen molar-refractivity contribution in [1.82, 2.24) is 14.5 Å². The van der Waals surface area contributed by atoms with E-state index in [0.29, 0.717) is 5.88 Å². The number of pyridine rings is 1. The van der Waals surface area contributed by atoms with Gasteiger partial charge in [0.05, 0.1) is 0 Å². The highest BCUT2D eigenvalue weighted by molar-refractivity contribution is 9.10. The molecule has 0 aliphatic heterocycles. The van der Waals surface area contributed by atoms with Gasteiger partial charge in [-0.1, -0.05) is 0 Å². The Hall–Kier alpha value is -0.610. The zero-order valence-electron chi connectivity index (χ0n) is 9.37. The van der Waals surface area contributed by atoms with Crippen LogP contribution in [0.5, 0.6) is 0 Å². The van der Waals surface area contributed by atoms with E-state index in [1.165, 1.54) is 12.8 Å². The molecule has 1 aliphatic rings. The largest absolute Gasteiger partial charge is 0.312 e. The molecule has 0 spiro atoms. The number of aryl methyl sites for hydroxylation is 1. The van der Waals surface area contributed by atoms with Crippen molar-refractivity contribution in [1.29, 1.82) is 0 Å². The second-order valence-corrected chi connectivity index (χ2v) is 5.81. The Balaban J connectivity index is 2.08. The van der Waals surface area contributed by atoms with Crippen molar-refractivity contribution in [2.75, 3.05) is 5.88 Å². The van der Waals surface area contributed by atoms with Gasteiger partial charge in [-0.25, -0.2) is 9.97 Å². The summed E-state index contributed by atoms with van der Waals surface area (Å²) in [5.74, 6) is 2.48. The number of rotatable bonds is 4. The number of aromatic nitrogens is 3. The summed E-state index contributed by atoms with van der Waals surface area (Å²) in [6, 6.07) is 2.02. The highest BCUT2D eigenvalue weighted by Crippen LogP contribution is 2.32. The van der Waals surface area contributed by atoms with Gasteiger partial charge in [-0.2, -0.15) is 0 Å². The fourth-order valence-corrected chi connectivity index (χ4v) is 2.55. The number of hydrogen-bond donors (Lipinski definition) is 0. The van der Waals surface area contributed by atoms with Gasteiger partial charge in [0, 0.05) is 29.5 Å². The van der Waals surface area contributed by atoms with E-state index >= 15 is 0 Å². The SMILES string of the molecule is ClCCc1nc2cc(Br)cnc2n1CC1CC1. The van der Waals surface area contributed by atoms with Gasteiger partial charge < -0.3 is 4.57 Å². The molecule has 1 aliphatic carbocycles. The molecular weight excluding hydrogens is 302 g/mol. The minimum atomic E-state index is 0.606.